The van der Waals surface area contributed by atoms with Crippen molar-refractivity contribution in [1.82, 2.24) is 24.5 Å². The molecule has 1 saturated heterocycles. The average molecular weight is 480 g/mol. The molecule has 0 unspecified atom stereocenters. The zero-order valence-electron chi connectivity index (χ0n) is 20.4. The third-order valence-electron chi connectivity index (χ3n) is 7.37. The number of nitrogens with zero attached hydrogens (tertiary/aromatic N) is 5. The summed E-state index contributed by atoms with van der Waals surface area (Å²) in [6.07, 6.45) is 9.71. The van der Waals surface area contributed by atoms with Gasteiger partial charge in [0.25, 0.3) is 0 Å². The molecule has 0 bridgehead atoms. The normalized spacial score (nSPS) is 17.4. The van der Waals surface area contributed by atoms with Gasteiger partial charge in [-0.1, -0.05) is 48.1 Å². The summed E-state index contributed by atoms with van der Waals surface area (Å²) >= 11 is 0. The van der Waals surface area contributed by atoms with Crippen LogP contribution in [-0.4, -0.2) is 55.2 Å². The fraction of sp³-hybridized carbons (Fsp3) is 0.310. The Morgan fingerprint density at radius 1 is 1.08 bits per heavy atom. The molecular formula is C29H29N5O2. The summed E-state index contributed by atoms with van der Waals surface area (Å²) in [6, 6.07) is 14.6. The predicted molar refractivity (Wildman–Crippen MR) is 141 cm³/mol. The molecule has 0 amide bonds. The van der Waals surface area contributed by atoms with Gasteiger partial charge in [0, 0.05) is 29.8 Å². The second-order valence-corrected chi connectivity index (χ2v) is 9.88. The van der Waals surface area contributed by atoms with Crippen LogP contribution in [0.5, 0.6) is 0 Å². The number of allylic oxidation sites excluding steroid dienone is 3. The maximum atomic E-state index is 11.3. The lowest BCUT2D eigenvalue weighted by atomic mass is 9.90. The van der Waals surface area contributed by atoms with Gasteiger partial charge in [-0.15, -0.1) is 0 Å². The molecule has 4 aromatic rings. The van der Waals surface area contributed by atoms with Gasteiger partial charge < -0.3 is 5.11 Å². The summed E-state index contributed by atoms with van der Waals surface area (Å²) in [5.74, 6) is -0.849. The van der Waals surface area contributed by atoms with Crippen molar-refractivity contribution in [3.8, 4) is 11.1 Å². The van der Waals surface area contributed by atoms with E-state index in [0.29, 0.717) is 0 Å². The van der Waals surface area contributed by atoms with Crippen molar-refractivity contribution in [2.75, 3.05) is 19.6 Å². The Hall–Kier alpha value is -3.84. The Morgan fingerprint density at radius 2 is 1.89 bits per heavy atom. The van der Waals surface area contributed by atoms with E-state index in [0.717, 1.165) is 84.5 Å². The van der Waals surface area contributed by atoms with Gasteiger partial charge >= 0.3 is 5.97 Å². The zero-order valence-corrected chi connectivity index (χ0v) is 20.4. The van der Waals surface area contributed by atoms with Crippen molar-refractivity contribution in [3.05, 3.63) is 77.8 Å². The van der Waals surface area contributed by atoms with Crippen molar-refractivity contribution in [2.24, 2.45) is 5.92 Å². The number of aromatic nitrogens is 4. The van der Waals surface area contributed by atoms with Gasteiger partial charge in [-0.3, -0.25) is 9.69 Å². The first-order chi connectivity index (χ1) is 17.5. The third kappa shape index (κ3) is 4.31. The van der Waals surface area contributed by atoms with Crippen LogP contribution >= 0.6 is 0 Å². The Bertz CT molecular complexity index is 1510. The van der Waals surface area contributed by atoms with Gasteiger partial charge in [-0.05, 0) is 62.9 Å². The van der Waals surface area contributed by atoms with E-state index in [4.69, 9.17) is 4.98 Å². The largest absolute Gasteiger partial charge is 0.481 e. The molecule has 0 radical (unpaired) electrons. The molecular weight excluding hydrogens is 450 g/mol. The third-order valence-corrected chi connectivity index (χ3v) is 7.37. The van der Waals surface area contributed by atoms with Gasteiger partial charge in [0.15, 0.2) is 11.3 Å². The summed E-state index contributed by atoms with van der Waals surface area (Å²) in [4.78, 5) is 23.4. The first-order valence-electron chi connectivity index (χ1n) is 12.6. The van der Waals surface area contributed by atoms with Crippen molar-refractivity contribution in [3.63, 3.8) is 0 Å². The Kier molecular flexibility index (Phi) is 5.85. The van der Waals surface area contributed by atoms with E-state index >= 15 is 0 Å². The van der Waals surface area contributed by atoms with Crippen LogP contribution in [0.3, 0.4) is 0 Å². The maximum Gasteiger partial charge on any atom is 0.306 e. The number of fused-ring (bicyclic) bond motifs is 3. The standard InChI is InChI=1S/C29H29N5O2/c1-19-15-26-30-17-24-16-25(21-5-3-2-4-6-21)27(31-28(24)34(26)32-19)22-9-7-20(8-10-22)18-33-13-11-23(12-14-33)29(35)36/h2-7,9,15-17,23H,8,10-14,18H2,1H3,(H,35,36). The number of carboxylic acid groups (broad SMARTS) is 1. The minimum absolute atomic E-state index is 0.191. The number of likely N-dealkylation sites (tertiary alicyclic amines) is 1. The van der Waals surface area contributed by atoms with Crippen molar-refractivity contribution in [2.45, 2.75) is 32.6 Å². The Labute approximate surface area is 209 Å². The fourth-order valence-electron chi connectivity index (χ4n) is 5.37. The number of rotatable bonds is 5. The summed E-state index contributed by atoms with van der Waals surface area (Å²) in [5.41, 5.74) is 8.38. The number of aryl methyl sites for hydroxylation is 1. The molecule has 6 rings (SSSR count). The molecule has 7 heteroatoms. The highest BCUT2D eigenvalue weighted by atomic mass is 16.4. The van der Waals surface area contributed by atoms with Crippen LogP contribution in [0.1, 0.15) is 37.1 Å². The van der Waals surface area contributed by atoms with E-state index in [2.05, 4.69) is 57.5 Å². The van der Waals surface area contributed by atoms with E-state index in [9.17, 15) is 9.90 Å². The molecule has 1 aromatic carbocycles. The Balaban J connectivity index is 1.35. The fourth-order valence-corrected chi connectivity index (χ4v) is 5.37. The number of aliphatic carboxylic acids is 1. The molecule has 4 heterocycles. The second kappa shape index (κ2) is 9.32. The van der Waals surface area contributed by atoms with E-state index in [1.165, 1.54) is 11.1 Å². The van der Waals surface area contributed by atoms with Crippen molar-refractivity contribution >= 4 is 28.2 Å². The van der Waals surface area contributed by atoms with Crippen LogP contribution in [0, 0.1) is 12.8 Å². The molecule has 1 aliphatic carbocycles. The number of piperidine rings is 1. The second-order valence-electron chi connectivity index (χ2n) is 9.88. The molecule has 1 N–H and O–H groups in total. The molecule has 2 aliphatic rings. The first kappa shape index (κ1) is 22.6. The monoisotopic (exact) mass is 479 g/mol. The minimum atomic E-state index is -0.658. The number of hydrogen-bond donors (Lipinski definition) is 1. The molecule has 7 nitrogen and oxygen atoms in total. The molecule has 36 heavy (non-hydrogen) atoms. The van der Waals surface area contributed by atoms with Crippen LogP contribution in [0.15, 0.2) is 66.4 Å². The molecule has 1 fully saturated rings. The summed E-state index contributed by atoms with van der Waals surface area (Å²) in [5, 5.41) is 14.9. The topological polar surface area (TPSA) is 83.6 Å². The van der Waals surface area contributed by atoms with Gasteiger partial charge in [0.1, 0.15) is 0 Å². The van der Waals surface area contributed by atoms with E-state index in [1.54, 1.807) is 0 Å². The molecule has 3 aromatic heterocycles. The molecule has 182 valence electrons. The highest BCUT2D eigenvalue weighted by molar-refractivity contribution is 5.89. The van der Waals surface area contributed by atoms with Crippen LogP contribution in [0.4, 0.5) is 0 Å². The maximum absolute atomic E-state index is 11.3. The number of benzene rings is 1. The van der Waals surface area contributed by atoms with Gasteiger partial charge in [0.2, 0.25) is 0 Å². The summed E-state index contributed by atoms with van der Waals surface area (Å²) < 4.78 is 1.84. The number of hydrogen-bond acceptors (Lipinski definition) is 5. The molecule has 0 saturated carbocycles. The highest BCUT2D eigenvalue weighted by Gasteiger charge is 2.25. The number of carboxylic acids is 1. The summed E-state index contributed by atoms with van der Waals surface area (Å²) in [6.45, 7) is 4.58. The lowest BCUT2D eigenvalue weighted by Gasteiger charge is -2.31. The SMILES string of the molecule is Cc1cc2ncc3cc(-c4ccccc4)c(C4=CC=C(CN5CCC(C(=O)O)CC5)CC4)nc3n2n1. The Morgan fingerprint density at radius 3 is 2.61 bits per heavy atom. The molecule has 1 aliphatic heterocycles. The van der Waals surface area contributed by atoms with E-state index in [1.807, 2.05) is 29.8 Å². The van der Waals surface area contributed by atoms with Gasteiger partial charge in [-0.2, -0.15) is 9.61 Å². The number of carbonyl (C=O) groups is 1. The van der Waals surface area contributed by atoms with Gasteiger partial charge in [0.05, 0.1) is 17.3 Å². The molecule has 0 atom stereocenters. The van der Waals surface area contributed by atoms with Crippen LogP contribution < -0.4 is 0 Å². The smallest absolute Gasteiger partial charge is 0.306 e. The average Bonchev–Trinajstić information content (AvgIpc) is 3.30. The van der Waals surface area contributed by atoms with E-state index in [-0.39, 0.29) is 5.92 Å². The quantitative estimate of drug-likeness (QED) is 0.426. The van der Waals surface area contributed by atoms with E-state index < -0.39 is 5.97 Å². The lowest BCUT2D eigenvalue weighted by Crippen LogP contribution is -2.37. The van der Waals surface area contributed by atoms with Crippen LogP contribution in [-0.2, 0) is 4.79 Å². The predicted octanol–water partition coefficient (Wildman–Crippen LogP) is 5.15. The first-order valence-corrected chi connectivity index (χ1v) is 12.6. The zero-order chi connectivity index (χ0) is 24.6. The van der Waals surface area contributed by atoms with Crippen LogP contribution in [0.2, 0.25) is 0 Å². The lowest BCUT2D eigenvalue weighted by molar-refractivity contribution is -0.143. The highest BCUT2D eigenvalue weighted by Crippen LogP contribution is 2.35. The van der Waals surface area contributed by atoms with Gasteiger partial charge in [-0.25, -0.2) is 9.97 Å². The van der Waals surface area contributed by atoms with Crippen molar-refractivity contribution in [1.29, 1.82) is 0 Å². The minimum Gasteiger partial charge on any atom is -0.481 e. The van der Waals surface area contributed by atoms with Crippen LogP contribution in [0.25, 0.3) is 33.4 Å². The number of pyridine rings is 1. The summed E-state index contributed by atoms with van der Waals surface area (Å²) in [7, 11) is 0. The molecule has 0 spiro atoms. The van der Waals surface area contributed by atoms with Crippen molar-refractivity contribution < 1.29 is 9.90 Å².